The number of aromatic amines is 1. The maximum atomic E-state index is 12.4. The summed E-state index contributed by atoms with van der Waals surface area (Å²) in [5, 5.41) is 16.1. The Labute approximate surface area is 145 Å². The highest BCUT2D eigenvalue weighted by Gasteiger charge is 2.28. The second-order valence-electron chi connectivity index (χ2n) is 5.59. The van der Waals surface area contributed by atoms with Gasteiger partial charge in [-0.05, 0) is 12.1 Å². The molecule has 1 aromatic carbocycles. The molecule has 0 bridgehead atoms. The van der Waals surface area contributed by atoms with Crippen molar-refractivity contribution in [2.45, 2.75) is 19.4 Å². The summed E-state index contributed by atoms with van der Waals surface area (Å²) >= 11 is 0. The SMILES string of the molecule is CCc1nc([C@H]2CN(C(=O)COc3ccccc3C#N)CCO2)n[nH]1. The van der Waals surface area contributed by atoms with Crippen molar-refractivity contribution in [2.75, 3.05) is 26.3 Å². The van der Waals surface area contributed by atoms with E-state index in [-0.39, 0.29) is 18.6 Å². The van der Waals surface area contributed by atoms with Crippen LogP contribution < -0.4 is 4.74 Å². The van der Waals surface area contributed by atoms with Gasteiger partial charge >= 0.3 is 0 Å². The number of ether oxygens (including phenoxy) is 2. The van der Waals surface area contributed by atoms with Gasteiger partial charge in [0.25, 0.3) is 5.91 Å². The quantitative estimate of drug-likeness (QED) is 0.877. The number of aromatic nitrogens is 3. The molecule has 8 nitrogen and oxygen atoms in total. The summed E-state index contributed by atoms with van der Waals surface area (Å²) in [4.78, 5) is 18.5. The van der Waals surface area contributed by atoms with Gasteiger partial charge in [0.15, 0.2) is 12.4 Å². The summed E-state index contributed by atoms with van der Waals surface area (Å²) in [6.07, 6.45) is 0.412. The second-order valence-corrected chi connectivity index (χ2v) is 5.59. The van der Waals surface area contributed by atoms with Gasteiger partial charge in [-0.3, -0.25) is 9.89 Å². The molecule has 2 aromatic rings. The Hall–Kier alpha value is -2.92. The third-order valence-corrected chi connectivity index (χ3v) is 3.95. The van der Waals surface area contributed by atoms with Gasteiger partial charge in [0.05, 0.1) is 18.7 Å². The van der Waals surface area contributed by atoms with Crippen molar-refractivity contribution in [3.63, 3.8) is 0 Å². The molecule has 2 heterocycles. The molecular weight excluding hydrogens is 322 g/mol. The number of amides is 1. The zero-order valence-corrected chi connectivity index (χ0v) is 13.9. The number of benzene rings is 1. The van der Waals surface area contributed by atoms with Crippen molar-refractivity contribution in [3.05, 3.63) is 41.5 Å². The van der Waals surface area contributed by atoms with Crippen LogP contribution in [-0.2, 0) is 16.0 Å². The van der Waals surface area contributed by atoms with E-state index in [1.165, 1.54) is 0 Å². The smallest absolute Gasteiger partial charge is 0.260 e. The maximum Gasteiger partial charge on any atom is 0.260 e. The van der Waals surface area contributed by atoms with Gasteiger partial charge < -0.3 is 14.4 Å². The van der Waals surface area contributed by atoms with Crippen molar-refractivity contribution in [1.29, 1.82) is 5.26 Å². The third-order valence-electron chi connectivity index (χ3n) is 3.95. The minimum atomic E-state index is -0.347. The van der Waals surface area contributed by atoms with Crippen LogP contribution in [0.25, 0.3) is 0 Å². The molecule has 1 fully saturated rings. The molecule has 1 N–H and O–H groups in total. The molecule has 0 unspecified atom stereocenters. The molecule has 1 atom stereocenters. The topological polar surface area (TPSA) is 104 Å². The minimum absolute atomic E-state index is 0.125. The van der Waals surface area contributed by atoms with Gasteiger partial charge in [-0.1, -0.05) is 19.1 Å². The van der Waals surface area contributed by atoms with Crippen LogP contribution in [0.2, 0.25) is 0 Å². The first-order valence-corrected chi connectivity index (χ1v) is 8.13. The number of nitriles is 1. The minimum Gasteiger partial charge on any atom is -0.482 e. The van der Waals surface area contributed by atoms with Crippen molar-refractivity contribution in [1.82, 2.24) is 20.1 Å². The van der Waals surface area contributed by atoms with Crippen LogP contribution in [0.15, 0.2) is 24.3 Å². The van der Waals surface area contributed by atoms with Crippen LogP contribution >= 0.6 is 0 Å². The molecule has 3 rings (SSSR count). The van der Waals surface area contributed by atoms with Crippen LogP contribution in [0.3, 0.4) is 0 Å². The fourth-order valence-corrected chi connectivity index (χ4v) is 2.56. The van der Waals surface area contributed by atoms with Crippen LogP contribution in [0.1, 0.15) is 30.2 Å². The third kappa shape index (κ3) is 3.95. The predicted molar refractivity (Wildman–Crippen MR) is 87.7 cm³/mol. The molecule has 1 amide bonds. The number of morpholine rings is 1. The number of hydrogen-bond donors (Lipinski definition) is 1. The first kappa shape index (κ1) is 16.9. The fourth-order valence-electron chi connectivity index (χ4n) is 2.56. The molecule has 130 valence electrons. The first-order chi connectivity index (χ1) is 12.2. The van der Waals surface area contributed by atoms with Crippen LogP contribution in [0.5, 0.6) is 5.75 Å². The van der Waals surface area contributed by atoms with Gasteiger partial charge in [0.1, 0.15) is 23.7 Å². The van der Waals surface area contributed by atoms with E-state index in [9.17, 15) is 4.79 Å². The normalized spacial score (nSPS) is 17.1. The van der Waals surface area contributed by atoms with E-state index < -0.39 is 0 Å². The average molecular weight is 341 g/mol. The highest BCUT2D eigenvalue weighted by molar-refractivity contribution is 5.78. The summed E-state index contributed by atoms with van der Waals surface area (Å²) in [5.41, 5.74) is 0.406. The Balaban J connectivity index is 1.59. The van der Waals surface area contributed by atoms with Crippen molar-refractivity contribution < 1.29 is 14.3 Å². The average Bonchev–Trinajstić information content (AvgIpc) is 3.15. The molecule has 0 saturated carbocycles. The maximum absolute atomic E-state index is 12.4. The first-order valence-electron chi connectivity index (χ1n) is 8.13. The van der Waals surface area contributed by atoms with E-state index in [4.69, 9.17) is 14.7 Å². The molecule has 1 aromatic heterocycles. The second kappa shape index (κ2) is 7.77. The Morgan fingerprint density at radius 2 is 2.36 bits per heavy atom. The molecule has 8 heteroatoms. The molecule has 1 aliphatic rings. The van der Waals surface area contributed by atoms with Crippen molar-refractivity contribution in [3.8, 4) is 11.8 Å². The van der Waals surface area contributed by atoms with E-state index in [0.717, 1.165) is 12.2 Å². The summed E-state index contributed by atoms with van der Waals surface area (Å²) in [6, 6.07) is 8.89. The summed E-state index contributed by atoms with van der Waals surface area (Å²) in [7, 11) is 0. The van der Waals surface area contributed by atoms with Gasteiger partial charge in [-0.25, -0.2) is 4.98 Å². The number of nitrogens with one attached hydrogen (secondary N) is 1. The van der Waals surface area contributed by atoms with E-state index in [1.807, 2.05) is 13.0 Å². The molecule has 1 aliphatic heterocycles. The standard InChI is InChI=1S/C17H19N5O3/c1-2-15-19-17(21-20-15)14-10-22(7-8-24-14)16(23)11-25-13-6-4-3-5-12(13)9-18/h3-6,14H,2,7-8,10-11H2,1H3,(H,19,20,21)/t14-/m1/s1. The van der Waals surface area contributed by atoms with Gasteiger partial charge in [0.2, 0.25) is 0 Å². The van der Waals surface area contributed by atoms with Gasteiger partial charge in [-0.15, -0.1) is 0 Å². The van der Waals surface area contributed by atoms with E-state index in [2.05, 4.69) is 15.2 Å². The van der Waals surface area contributed by atoms with Gasteiger partial charge in [-0.2, -0.15) is 10.4 Å². The van der Waals surface area contributed by atoms with Gasteiger partial charge in [0, 0.05) is 13.0 Å². The van der Waals surface area contributed by atoms with Crippen LogP contribution in [-0.4, -0.2) is 52.3 Å². The fraction of sp³-hybridized carbons (Fsp3) is 0.412. The number of nitrogens with zero attached hydrogens (tertiary/aromatic N) is 4. The Morgan fingerprint density at radius 3 is 3.12 bits per heavy atom. The number of carbonyl (C=O) groups excluding carboxylic acids is 1. The van der Waals surface area contributed by atoms with E-state index in [1.54, 1.807) is 29.2 Å². The van der Waals surface area contributed by atoms with E-state index in [0.29, 0.717) is 36.8 Å². The summed E-state index contributed by atoms with van der Waals surface area (Å²) in [5.74, 6) is 1.60. The largest absolute Gasteiger partial charge is 0.482 e. The number of H-pyrrole nitrogens is 1. The Morgan fingerprint density at radius 1 is 1.52 bits per heavy atom. The lowest BCUT2D eigenvalue weighted by atomic mass is 10.2. The Bertz CT molecular complexity index is 783. The van der Waals surface area contributed by atoms with Crippen LogP contribution in [0, 0.1) is 11.3 Å². The molecule has 0 aliphatic carbocycles. The van der Waals surface area contributed by atoms with Crippen LogP contribution in [0.4, 0.5) is 0 Å². The monoisotopic (exact) mass is 341 g/mol. The lowest BCUT2D eigenvalue weighted by Gasteiger charge is -2.31. The number of rotatable bonds is 5. The predicted octanol–water partition coefficient (Wildman–Crippen LogP) is 1.22. The number of carbonyl (C=O) groups is 1. The molecule has 0 spiro atoms. The molecule has 0 radical (unpaired) electrons. The summed E-state index contributed by atoms with van der Waals surface area (Å²) in [6.45, 7) is 3.14. The number of aryl methyl sites for hydroxylation is 1. The molecule has 1 saturated heterocycles. The Kier molecular flexibility index (Phi) is 5.26. The highest BCUT2D eigenvalue weighted by Crippen LogP contribution is 2.20. The summed E-state index contributed by atoms with van der Waals surface area (Å²) < 4.78 is 11.2. The molecule has 25 heavy (non-hydrogen) atoms. The lowest BCUT2D eigenvalue weighted by molar-refractivity contribution is -0.141. The molecular formula is C17H19N5O3. The number of hydrogen-bond acceptors (Lipinski definition) is 6. The van der Waals surface area contributed by atoms with Crippen molar-refractivity contribution >= 4 is 5.91 Å². The lowest BCUT2D eigenvalue weighted by Crippen LogP contribution is -2.44. The number of para-hydroxylation sites is 1. The highest BCUT2D eigenvalue weighted by atomic mass is 16.5. The van der Waals surface area contributed by atoms with E-state index >= 15 is 0 Å². The zero-order chi connectivity index (χ0) is 17.6. The van der Waals surface area contributed by atoms with Crippen molar-refractivity contribution in [2.24, 2.45) is 0 Å². The zero-order valence-electron chi connectivity index (χ0n) is 13.9.